The second kappa shape index (κ2) is 10.3. The highest BCUT2D eigenvalue weighted by molar-refractivity contribution is 5.88. The first kappa shape index (κ1) is 23.5. The van der Waals surface area contributed by atoms with E-state index in [0.29, 0.717) is 12.3 Å². The zero-order valence-electron chi connectivity index (χ0n) is 18.9. The van der Waals surface area contributed by atoms with Crippen molar-refractivity contribution in [2.45, 2.75) is 65.6 Å². The Labute approximate surface area is 180 Å². The van der Waals surface area contributed by atoms with Gasteiger partial charge in [-0.05, 0) is 50.8 Å². The second-order valence-corrected chi connectivity index (χ2v) is 8.90. The Morgan fingerprint density at radius 3 is 2.17 bits per heavy atom. The van der Waals surface area contributed by atoms with Gasteiger partial charge in [0.15, 0.2) is 6.61 Å². The Balaban J connectivity index is 2.18. The van der Waals surface area contributed by atoms with Gasteiger partial charge in [-0.25, -0.2) is 0 Å². The van der Waals surface area contributed by atoms with Crippen molar-refractivity contribution in [3.8, 4) is 5.75 Å². The quantitative estimate of drug-likeness (QED) is 0.696. The van der Waals surface area contributed by atoms with E-state index >= 15 is 0 Å². The van der Waals surface area contributed by atoms with Gasteiger partial charge in [-0.3, -0.25) is 9.59 Å². The van der Waals surface area contributed by atoms with Crippen LogP contribution >= 0.6 is 0 Å². The Kier molecular flexibility index (Phi) is 8.04. The molecule has 0 saturated carbocycles. The Bertz CT molecular complexity index is 841. The maximum atomic E-state index is 13.1. The van der Waals surface area contributed by atoms with Gasteiger partial charge in [-0.1, -0.05) is 62.4 Å². The summed E-state index contributed by atoms with van der Waals surface area (Å²) < 4.78 is 5.89. The van der Waals surface area contributed by atoms with Gasteiger partial charge >= 0.3 is 0 Å². The van der Waals surface area contributed by atoms with Crippen LogP contribution in [0.2, 0.25) is 0 Å². The maximum Gasteiger partial charge on any atom is 0.261 e. The zero-order chi connectivity index (χ0) is 22.3. The fourth-order valence-corrected chi connectivity index (χ4v) is 3.15. The van der Waals surface area contributed by atoms with E-state index in [1.165, 1.54) is 0 Å². The lowest BCUT2D eigenvalue weighted by atomic mass is 10.0. The van der Waals surface area contributed by atoms with E-state index in [0.717, 1.165) is 11.1 Å². The SMILES string of the molecule is CC(C)c1ccccc1OCC(=O)N(Cc1ccccc1)[C@@H](C)C(=O)NC(C)(C)C. The monoisotopic (exact) mass is 410 g/mol. The van der Waals surface area contributed by atoms with E-state index in [4.69, 9.17) is 4.74 Å². The zero-order valence-corrected chi connectivity index (χ0v) is 18.9. The molecule has 1 N–H and O–H groups in total. The van der Waals surface area contributed by atoms with Crippen LogP contribution < -0.4 is 10.1 Å². The van der Waals surface area contributed by atoms with Gasteiger partial charge in [0.05, 0.1) is 0 Å². The lowest BCUT2D eigenvalue weighted by molar-refractivity contribution is -0.142. The molecule has 1 atom stereocenters. The van der Waals surface area contributed by atoms with Gasteiger partial charge in [0, 0.05) is 12.1 Å². The molecule has 162 valence electrons. The van der Waals surface area contributed by atoms with Crippen LogP contribution in [0, 0.1) is 0 Å². The average Bonchev–Trinajstić information content (AvgIpc) is 2.69. The third-order valence-corrected chi connectivity index (χ3v) is 4.75. The lowest BCUT2D eigenvalue weighted by Crippen LogP contribution is -2.53. The maximum absolute atomic E-state index is 13.1. The molecular formula is C25H34N2O3. The fourth-order valence-electron chi connectivity index (χ4n) is 3.15. The molecule has 0 radical (unpaired) electrons. The van der Waals surface area contributed by atoms with Crippen molar-refractivity contribution in [3.63, 3.8) is 0 Å². The van der Waals surface area contributed by atoms with E-state index in [2.05, 4.69) is 19.2 Å². The number of carbonyl (C=O) groups excluding carboxylic acids is 2. The van der Waals surface area contributed by atoms with E-state index in [9.17, 15) is 9.59 Å². The number of amides is 2. The summed E-state index contributed by atoms with van der Waals surface area (Å²) in [5.41, 5.74) is 1.64. The Morgan fingerprint density at radius 2 is 1.57 bits per heavy atom. The highest BCUT2D eigenvalue weighted by Crippen LogP contribution is 2.26. The van der Waals surface area contributed by atoms with Gasteiger partial charge in [-0.15, -0.1) is 0 Å². The van der Waals surface area contributed by atoms with Gasteiger partial charge in [0.1, 0.15) is 11.8 Å². The lowest BCUT2D eigenvalue weighted by Gasteiger charge is -2.31. The topological polar surface area (TPSA) is 58.6 Å². The van der Waals surface area contributed by atoms with Crippen LogP contribution in [0.1, 0.15) is 58.6 Å². The number of hydrogen-bond acceptors (Lipinski definition) is 3. The fraction of sp³-hybridized carbons (Fsp3) is 0.440. The molecule has 0 aliphatic rings. The van der Waals surface area contributed by atoms with E-state index in [1.54, 1.807) is 11.8 Å². The molecule has 5 heteroatoms. The molecular weight excluding hydrogens is 376 g/mol. The van der Waals surface area contributed by atoms with Crippen molar-refractivity contribution in [3.05, 3.63) is 65.7 Å². The minimum Gasteiger partial charge on any atom is -0.483 e. The Morgan fingerprint density at radius 1 is 0.967 bits per heavy atom. The van der Waals surface area contributed by atoms with E-state index in [1.807, 2.05) is 75.4 Å². The molecule has 2 aromatic carbocycles. The summed E-state index contributed by atoms with van der Waals surface area (Å²) >= 11 is 0. The first-order valence-electron chi connectivity index (χ1n) is 10.5. The third kappa shape index (κ3) is 6.90. The molecule has 0 unspecified atom stereocenters. The molecule has 0 spiro atoms. The molecule has 0 heterocycles. The summed E-state index contributed by atoms with van der Waals surface area (Å²) in [6.07, 6.45) is 0. The van der Waals surface area contributed by atoms with Crippen molar-refractivity contribution in [2.75, 3.05) is 6.61 Å². The summed E-state index contributed by atoms with van der Waals surface area (Å²) in [7, 11) is 0. The minimum atomic E-state index is -0.624. The highest BCUT2D eigenvalue weighted by Gasteiger charge is 2.28. The van der Waals surface area contributed by atoms with Crippen molar-refractivity contribution in [1.82, 2.24) is 10.2 Å². The molecule has 2 rings (SSSR count). The predicted octanol–water partition coefficient (Wildman–Crippen LogP) is 4.52. The normalized spacial score (nSPS) is 12.4. The number of para-hydroxylation sites is 1. The number of nitrogens with zero attached hydrogens (tertiary/aromatic N) is 1. The standard InChI is InChI=1S/C25H34N2O3/c1-18(2)21-14-10-11-15-22(21)30-17-23(28)27(16-20-12-8-7-9-13-20)19(3)24(29)26-25(4,5)6/h7-15,18-19H,16-17H2,1-6H3,(H,26,29)/t19-/m0/s1. The van der Waals surface area contributed by atoms with Gasteiger partial charge in [-0.2, -0.15) is 0 Å². The van der Waals surface area contributed by atoms with Gasteiger partial charge in [0.25, 0.3) is 5.91 Å². The molecule has 0 aliphatic carbocycles. The summed E-state index contributed by atoms with van der Waals surface area (Å²) in [5, 5.41) is 2.96. The van der Waals surface area contributed by atoms with Crippen molar-refractivity contribution < 1.29 is 14.3 Å². The van der Waals surface area contributed by atoms with Crippen molar-refractivity contribution in [2.24, 2.45) is 0 Å². The third-order valence-electron chi connectivity index (χ3n) is 4.75. The molecule has 2 amide bonds. The largest absolute Gasteiger partial charge is 0.483 e. The van der Waals surface area contributed by atoms with Crippen molar-refractivity contribution in [1.29, 1.82) is 0 Å². The van der Waals surface area contributed by atoms with Gasteiger partial charge in [0.2, 0.25) is 5.91 Å². The molecule has 0 fully saturated rings. The van der Waals surface area contributed by atoms with Crippen molar-refractivity contribution >= 4 is 11.8 Å². The summed E-state index contributed by atoms with van der Waals surface area (Å²) in [6, 6.07) is 16.8. The summed E-state index contributed by atoms with van der Waals surface area (Å²) in [6.45, 7) is 11.9. The number of carbonyl (C=O) groups is 2. The number of rotatable bonds is 8. The van der Waals surface area contributed by atoms with E-state index < -0.39 is 6.04 Å². The van der Waals surface area contributed by atoms with Crippen LogP contribution in [0.3, 0.4) is 0 Å². The molecule has 2 aromatic rings. The molecule has 0 aliphatic heterocycles. The van der Waals surface area contributed by atoms with E-state index in [-0.39, 0.29) is 29.9 Å². The number of ether oxygens (including phenoxy) is 1. The van der Waals surface area contributed by atoms with Crippen LogP contribution in [-0.4, -0.2) is 34.9 Å². The summed E-state index contributed by atoms with van der Waals surface area (Å²) in [5.74, 6) is 0.573. The first-order chi connectivity index (χ1) is 14.1. The average molecular weight is 411 g/mol. The van der Waals surface area contributed by atoms with Gasteiger partial charge < -0.3 is 15.0 Å². The number of nitrogens with one attached hydrogen (secondary N) is 1. The van der Waals surface area contributed by atoms with Crippen LogP contribution in [0.5, 0.6) is 5.75 Å². The molecule has 0 aromatic heterocycles. The van der Waals surface area contributed by atoms with Crippen LogP contribution in [0.4, 0.5) is 0 Å². The molecule has 0 saturated heterocycles. The van der Waals surface area contributed by atoms with Crippen LogP contribution in [0.25, 0.3) is 0 Å². The first-order valence-corrected chi connectivity index (χ1v) is 10.5. The minimum absolute atomic E-state index is 0.121. The molecule has 0 bridgehead atoms. The predicted molar refractivity (Wildman–Crippen MR) is 120 cm³/mol. The van der Waals surface area contributed by atoms with Crippen LogP contribution in [-0.2, 0) is 16.1 Å². The van der Waals surface area contributed by atoms with Crippen LogP contribution in [0.15, 0.2) is 54.6 Å². The smallest absolute Gasteiger partial charge is 0.261 e. The highest BCUT2D eigenvalue weighted by atomic mass is 16.5. The number of benzene rings is 2. The number of hydrogen-bond donors (Lipinski definition) is 1. The summed E-state index contributed by atoms with van der Waals surface area (Å²) in [4.78, 5) is 27.5. The second-order valence-electron chi connectivity index (χ2n) is 8.90. The Hall–Kier alpha value is -2.82. The molecule has 30 heavy (non-hydrogen) atoms. The molecule has 5 nitrogen and oxygen atoms in total.